The summed E-state index contributed by atoms with van der Waals surface area (Å²) in [5.74, 6) is 1.39. The molecule has 0 spiro atoms. The van der Waals surface area contributed by atoms with E-state index in [4.69, 9.17) is 9.47 Å². The van der Waals surface area contributed by atoms with Gasteiger partial charge in [0.25, 0.3) is 0 Å². The largest absolute Gasteiger partial charge is 0.493 e. The predicted molar refractivity (Wildman–Crippen MR) is 80.5 cm³/mol. The summed E-state index contributed by atoms with van der Waals surface area (Å²) in [6.45, 7) is 3.99. The Morgan fingerprint density at radius 2 is 2.33 bits per heavy atom. The molecule has 0 aliphatic carbocycles. The van der Waals surface area contributed by atoms with Gasteiger partial charge in [0.05, 0.1) is 26.0 Å². The molecule has 1 unspecified atom stereocenters. The van der Waals surface area contributed by atoms with Crippen LogP contribution in [0.5, 0.6) is 5.75 Å². The molecule has 1 atom stereocenters. The first kappa shape index (κ1) is 14.1. The number of methoxy groups -OCH3 is 1. The van der Waals surface area contributed by atoms with Crippen molar-refractivity contribution < 1.29 is 9.47 Å². The van der Waals surface area contributed by atoms with E-state index in [-0.39, 0.29) is 0 Å². The van der Waals surface area contributed by atoms with Crippen molar-refractivity contribution in [1.82, 2.24) is 15.1 Å². The van der Waals surface area contributed by atoms with Crippen molar-refractivity contribution in [2.75, 3.05) is 26.9 Å². The Kier molecular flexibility index (Phi) is 4.52. The van der Waals surface area contributed by atoms with Gasteiger partial charge < -0.3 is 14.8 Å². The van der Waals surface area contributed by atoms with Gasteiger partial charge in [0, 0.05) is 43.4 Å². The summed E-state index contributed by atoms with van der Waals surface area (Å²) in [6.07, 6.45) is 4.02. The molecule has 0 amide bonds. The molecule has 1 aromatic carbocycles. The van der Waals surface area contributed by atoms with Crippen LogP contribution < -0.4 is 10.1 Å². The number of para-hydroxylation sites is 1. The number of nitrogens with zero attached hydrogens (tertiary/aromatic N) is 2. The predicted octanol–water partition coefficient (Wildman–Crippen LogP) is 1.80. The van der Waals surface area contributed by atoms with Gasteiger partial charge in [0.1, 0.15) is 5.75 Å². The minimum Gasteiger partial charge on any atom is -0.493 e. The molecule has 2 aromatic rings. The average molecular weight is 287 g/mol. The molecule has 5 nitrogen and oxygen atoms in total. The third kappa shape index (κ3) is 3.43. The van der Waals surface area contributed by atoms with E-state index >= 15 is 0 Å². The number of benzene rings is 1. The molecule has 21 heavy (non-hydrogen) atoms. The van der Waals surface area contributed by atoms with E-state index in [9.17, 15) is 0 Å². The number of hydrogen-bond donors (Lipinski definition) is 1. The number of ether oxygens (including phenoxy) is 2. The average Bonchev–Trinajstić information content (AvgIpc) is 3.12. The van der Waals surface area contributed by atoms with Crippen LogP contribution in [0.1, 0.15) is 17.0 Å². The molecule has 1 aliphatic heterocycles. The number of nitrogens with one attached hydrogen (secondary N) is 1. The molecule has 0 saturated carbocycles. The van der Waals surface area contributed by atoms with Crippen molar-refractivity contribution in [3.63, 3.8) is 0 Å². The maximum absolute atomic E-state index is 5.71. The fourth-order valence-corrected chi connectivity index (χ4v) is 2.61. The van der Waals surface area contributed by atoms with Crippen molar-refractivity contribution in [3.8, 4) is 5.75 Å². The highest BCUT2D eigenvalue weighted by molar-refractivity contribution is 5.39. The standard InChI is InChI=1S/C16H21N3O2/c1-20-7-6-17-8-13-9-18-19(10-13)11-14-12-21-16-5-3-2-4-15(14)16/h2-5,9-10,14,17H,6-8,11-12H2,1H3. The van der Waals surface area contributed by atoms with Crippen LogP contribution in [0.4, 0.5) is 0 Å². The first-order valence-corrected chi connectivity index (χ1v) is 7.29. The van der Waals surface area contributed by atoms with Gasteiger partial charge in [-0.15, -0.1) is 0 Å². The number of aromatic nitrogens is 2. The third-order valence-electron chi connectivity index (χ3n) is 3.71. The summed E-state index contributed by atoms with van der Waals surface area (Å²) < 4.78 is 12.7. The molecule has 112 valence electrons. The molecule has 1 aromatic heterocycles. The van der Waals surface area contributed by atoms with Crippen LogP contribution >= 0.6 is 0 Å². The lowest BCUT2D eigenvalue weighted by Crippen LogP contribution is -2.18. The molecule has 3 rings (SSSR count). The first-order valence-electron chi connectivity index (χ1n) is 7.29. The SMILES string of the molecule is COCCNCc1cnn(CC2COc3ccccc32)c1. The second kappa shape index (κ2) is 6.74. The summed E-state index contributed by atoms with van der Waals surface area (Å²) in [5.41, 5.74) is 2.48. The molecule has 0 fully saturated rings. The lowest BCUT2D eigenvalue weighted by Gasteiger charge is -2.08. The maximum Gasteiger partial charge on any atom is 0.122 e. The van der Waals surface area contributed by atoms with Crippen LogP contribution in [0.15, 0.2) is 36.7 Å². The summed E-state index contributed by atoms with van der Waals surface area (Å²) in [6, 6.07) is 8.25. The molecule has 5 heteroatoms. The molecular weight excluding hydrogens is 266 g/mol. The number of rotatable bonds is 7. The molecule has 0 radical (unpaired) electrons. The molecule has 1 aliphatic rings. The van der Waals surface area contributed by atoms with E-state index in [0.29, 0.717) is 5.92 Å². The summed E-state index contributed by atoms with van der Waals surface area (Å²) in [5, 5.41) is 7.76. The number of hydrogen-bond acceptors (Lipinski definition) is 4. The van der Waals surface area contributed by atoms with Gasteiger partial charge >= 0.3 is 0 Å². The van der Waals surface area contributed by atoms with Crippen molar-refractivity contribution in [2.45, 2.75) is 19.0 Å². The minimum atomic E-state index is 0.385. The van der Waals surface area contributed by atoms with Gasteiger partial charge in [-0.2, -0.15) is 5.10 Å². The van der Waals surface area contributed by atoms with Gasteiger partial charge in [0.15, 0.2) is 0 Å². The van der Waals surface area contributed by atoms with Crippen molar-refractivity contribution in [2.24, 2.45) is 0 Å². The molecule has 0 saturated heterocycles. The number of fused-ring (bicyclic) bond motifs is 1. The normalized spacial score (nSPS) is 16.7. The Hall–Kier alpha value is -1.85. The van der Waals surface area contributed by atoms with E-state index in [1.807, 2.05) is 23.0 Å². The quantitative estimate of drug-likeness (QED) is 0.789. The summed E-state index contributed by atoms with van der Waals surface area (Å²) >= 11 is 0. The van der Waals surface area contributed by atoms with Crippen LogP contribution in [0.25, 0.3) is 0 Å². The lowest BCUT2D eigenvalue weighted by molar-refractivity contribution is 0.199. The lowest BCUT2D eigenvalue weighted by atomic mass is 10.0. The second-order valence-corrected chi connectivity index (χ2v) is 5.29. The van der Waals surface area contributed by atoms with Crippen molar-refractivity contribution in [1.29, 1.82) is 0 Å². The van der Waals surface area contributed by atoms with Crippen LogP contribution in [0.2, 0.25) is 0 Å². The van der Waals surface area contributed by atoms with Gasteiger partial charge in [0.2, 0.25) is 0 Å². The topological polar surface area (TPSA) is 48.3 Å². The van der Waals surface area contributed by atoms with Gasteiger partial charge in [-0.25, -0.2) is 0 Å². The van der Waals surface area contributed by atoms with Gasteiger partial charge in [-0.1, -0.05) is 18.2 Å². The molecule has 0 bridgehead atoms. The Morgan fingerprint density at radius 3 is 3.24 bits per heavy atom. The van der Waals surface area contributed by atoms with Crippen molar-refractivity contribution >= 4 is 0 Å². The van der Waals surface area contributed by atoms with Crippen LogP contribution in [-0.4, -0.2) is 36.6 Å². The Labute approximate surface area is 124 Å². The second-order valence-electron chi connectivity index (χ2n) is 5.29. The van der Waals surface area contributed by atoms with E-state index in [2.05, 4.69) is 28.7 Å². The summed E-state index contributed by atoms with van der Waals surface area (Å²) in [4.78, 5) is 0. The smallest absolute Gasteiger partial charge is 0.122 e. The zero-order valence-corrected chi connectivity index (χ0v) is 12.3. The molecular formula is C16H21N3O2. The van der Waals surface area contributed by atoms with E-state index in [0.717, 1.165) is 38.6 Å². The zero-order chi connectivity index (χ0) is 14.5. The Morgan fingerprint density at radius 1 is 1.43 bits per heavy atom. The third-order valence-corrected chi connectivity index (χ3v) is 3.71. The fraction of sp³-hybridized carbons (Fsp3) is 0.438. The minimum absolute atomic E-state index is 0.385. The zero-order valence-electron chi connectivity index (χ0n) is 12.3. The molecule has 1 N–H and O–H groups in total. The Bertz CT molecular complexity index is 582. The van der Waals surface area contributed by atoms with Crippen LogP contribution in [-0.2, 0) is 17.8 Å². The van der Waals surface area contributed by atoms with E-state index in [1.54, 1.807) is 7.11 Å². The highest BCUT2D eigenvalue weighted by Gasteiger charge is 2.24. The molecule has 2 heterocycles. The van der Waals surface area contributed by atoms with E-state index < -0.39 is 0 Å². The van der Waals surface area contributed by atoms with E-state index in [1.165, 1.54) is 11.1 Å². The first-order chi connectivity index (χ1) is 10.4. The Balaban J connectivity index is 1.56. The fourth-order valence-electron chi connectivity index (χ4n) is 2.61. The van der Waals surface area contributed by atoms with Crippen LogP contribution in [0.3, 0.4) is 0 Å². The monoisotopic (exact) mass is 287 g/mol. The highest BCUT2D eigenvalue weighted by atomic mass is 16.5. The van der Waals surface area contributed by atoms with Gasteiger partial charge in [-0.3, -0.25) is 4.68 Å². The van der Waals surface area contributed by atoms with Crippen LogP contribution in [0, 0.1) is 0 Å². The maximum atomic E-state index is 5.71. The van der Waals surface area contributed by atoms with Gasteiger partial charge in [-0.05, 0) is 6.07 Å². The summed E-state index contributed by atoms with van der Waals surface area (Å²) in [7, 11) is 1.71. The highest BCUT2D eigenvalue weighted by Crippen LogP contribution is 2.34. The van der Waals surface area contributed by atoms with Crippen molar-refractivity contribution in [3.05, 3.63) is 47.8 Å².